The molecule has 2 rings (SSSR count). The number of aryl methyl sites for hydroxylation is 1. The lowest BCUT2D eigenvalue weighted by Crippen LogP contribution is -2.32. The van der Waals surface area contributed by atoms with Gasteiger partial charge in [0.1, 0.15) is 11.5 Å². The Morgan fingerprint density at radius 1 is 1.60 bits per heavy atom. The molecule has 0 bridgehead atoms. The van der Waals surface area contributed by atoms with E-state index in [2.05, 4.69) is 10.6 Å². The molecule has 1 aliphatic heterocycles. The highest BCUT2D eigenvalue weighted by Crippen LogP contribution is 2.17. The fourth-order valence-electron chi connectivity index (χ4n) is 1.84. The summed E-state index contributed by atoms with van der Waals surface area (Å²) in [7, 11) is 0. The fraction of sp³-hybridized carbons (Fsp3) is 0.545. The molecule has 1 saturated heterocycles. The largest absolute Gasteiger partial charge is 0.465 e. The molecule has 15 heavy (non-hydrogen) atoms. The van der Waals surface area contributed by atoms with Crippen LogP contribution < -0.4 is 10.6 Å². The smallest absolute Gasteiger partial charge is 0.221 e. The Bertz CT molecular complexity index is 359. The minimum atomic E-state index is 0.121. The van der Waals surface area contributed by atoms with E-state index in [9.17, 15) is 4.79 Å². The van der Waals surface area contributed by atoms with Crippen LogP contribution in [0.1, 0.15) is 30.9 Å². The monoisotopic (exact) mass is 208 g/mol. The first-order valence-corrected chi connectivity index (χ1v) is 5.24. The Kier molecular flexibility index (Phi) is 2.77. The van der Waals surface area contributed by atoms with Gasteiger partial charge in [0.05, 0.1) is 6.04 Å². The molecule has 1 aliphatic rings. The van der Waals surface area contributed by atoms with Crippen molar-refractivity contribution in [2.45, 2.75) is 32.4 Å². The van der Waals surface area contributed by atoms with Crippen LogP contribution in [0.5, 0.6) is 0 Å². The molecule has 0 spiro atoms. The Morgan fingerprint density at radius 3 is 2.93 bits per heavy atom. The molecule has 1 amide bonds. The lowest BCUT2D eigenvalue weighted by atomic mass is 10.2. The first-order chi connectivity index (χ1) is 7.15. The number of rotatable bonds is 3. The molecular weight excluding hydrogens is 192 g/mol. The lowest BCUT2D eigenvalue weighted by Gasteiger charge is -2.15. The van der Waals surface area contributed by atoms with Crippen LogP contribution in [0.2, 0.25) is 0 Å². The van der Waals surface area contributed by atoms with Crippen molar-refractivity contribution in [2.75, 3.05) is 6.54 Å². The molecular formula is C11H16N2O2. The van der Waals surface area contributed by atoms with Crippen molar-refractivity contribution in [1.29, 1.82) is 0 Å². The summed E-state index contributed by atoms with van der Waals surface area (Å²) >= 11 is 0. The molecule has 0 aliphatic carbocycles. The van der Waals surface area contributed by atoms with Gasteiger partial charge in [-0.05, 0) is 26.0 Å². The number of nitrogens with one attached hydrogen (secondary N) is 2. The highest BCUT2D eigenvalue weighted by Gasteiger charge is 2.23. The van der Waals surface area contributed by atoms with Gasteiger partial charge in [-0.2, -0.15) is 0 Å². The molecule has 1 aromatic rings. The van der Waals surface area contributed by atoms with Crippen molar-refractivity contribution >= 4 is 5.91 Å². The molecule has 0 saturated carbocycles. The lowest BCUT2D eigenvalue weighted by molar-refractivity contribution is -0.119. The molecule has 2 atom stereocenters. The van der Waals surface area contributed by atoms with Gasteiger partial charge in [0.15, 0.2) is 0 Å². The normalized spacial score (nSPS) is 22.8. The van der Waals surface area contributed by atoms with Gasteiger partial charge in [0.2, 0.25) is 5.91 Å². The van der Waals surface area contributed by atoms with Crippen molar-refractivity contribution in [1.82, 2.24) is 10.6 Å². The van der Waals surface area contributed by atoms with Gasteiger partial charge < -0.3 is 15.1 Å². The van der Waals surface area contributed by atoms with Gasteiger partial charge in [-0.1, -0.05) is 0 Å². The fourth-order valence-corrected chi connectivity index (χ4v) is 1.84. The van der Waals surface area contributed by atoms with Crippen LogP contribution in [-0.4, -0.2) is 18.5 Å². The van der Waals surface area contributed by atoms with Gasteiger partial charge in [0.25, 0.3) is 0 Å². The second-order valence-corrected chi connectivity index (χ2v) is 4.04. The second kappa shape index (κ2) is 4.06. The van der Waals surface area contributed by atoms with E-state index in [0.717, 1.165) is 11.5 Å². The number of hydrogen-bond donors (Lipinski definition) is 2. The molecule has 0 radical (unpaired) electrons. The average Bonchev–Trinajstić information content (AvgIpc) is 2.75. The zero-order chi connectivity index (χ0) is 10.8. The third-order valence-corrected chi connectivity index (χ3v) is 2.65. The Hall–Kier alpha value is -1.29. The summed E-state index contributed by atoms with van der Waals surface area (Å²) in [5.41, 5.74) is 0. The molecule has 1 fully saturated rings. The van der Waals surface area contributed by atoms with E-state index in [0.29, 0.717) is 13.0 Å². The quantitative estimate of drug-likeness (QED) is 0.782. The Labute approximate surface area is 89.0 Å². The van der Waals surface area contributed by atoms with E-state index >= 15 is 0 Å². The molecule has 4 heteroatoms. The molecule has 82 valence electrons. The number of carbonyl (C=O) groups is 1. The maximum absolute atomic E-state index is 11.0. The van der Waals surface area contributed by atoms with Crippen molar-refractivity contribution in [2.24, 2.45) is 0 Å². The zero-order valence-corrected chi connectivity index (χ0v) is 9.04. The molecule has 0 aromatic carbocycles. The van der Waals surface area contributed by atoms with E-state index in [-0.39, 0.29) is 18.0 Å². The second-order valence-electron chi connectivity index (χ2n) is 4.04. The SMILES string of the molecule is Cc1ccc(C(C)NC2CNC(=O)C2)o1. The summed E-state index contributed by atoms with van der Waals surface area (Å²) in [6.45, 7) is 4.68. The topological polar surface area (TPSA) is 54.3 Å². The minimum absolute atomic E-state index is 0.121. The van der Waals surface area contributed by atoms with Crippen molar-refractivity contribution in [3.63, 3.8) is 0 Å². The van der Waals surface area contributed by atoms with Crippen LogP contribution in [-0.2, 0) is 4.79 Å². The molecule has 4 nitrogen and oxygen atoms in total. The molecule has 2 unspecified atom stereocenters. The standard InChI is InChI=1S/C11H16N2O2/c1-7-3-4-10(15-7)8(2)13-9-5-11(14)12-6-9/h3-4,8-9,13H,5-6H2,1-2H3,(H,12,14). The maximum Gasteiger partial charge on any atom is 0.221 e. The van der Waals surface area contributed by atoms with Crippen LogP contribution in [0.25, 0.3) is 0 Å². The number of furan rings is 1. The van der Waals surface area contributed by atoms with Crippen LogP contribution in [0.3, 0.4) is 0 Å². The first-order valence-electron chi connectivity index (χ1n) is 5.24. The summed E-state index contributed by atoms with van der Waals surface area (Å²) in [6.07, 6.45) is 0.560. The average molecular weight is 208 g/mol. The summed E-state index contributed by atoms with van der Waals surface area (Å²) in [6, 6.07) is 4.29. The zero-order valence-electron chi connectivity index (χ0n) is 9.04. The Morgan fingerprint density at radius 2 is 2.40 bits per heavy atom. The highest BCUT2D eigenvalue weighted by atomic mass is 16.3. The Balaban J connectivity index is 1.92. The molecule has 2 N–H and O–H groups in total. The summed E-state index contributed by atoms with van der Waals surface area (Å²) in [4.78, 5) is 11.0. The number of carbonyl (C=O) groups excluding carboxylic acids is 1. The van der Waals surface area contributed by atoms with Crippen LogP contribution in [0.4, 0.5) is 0 Å². The molecule has 1 aromatic heterocycles. The summed E-state index contributed by atoms with van der Waals surface area (Å²) in [5.74, 6) is 1.96. The number of amides is 1. The third kappa shape index (κ3) is 2.39. The maximum atomic E-state index is 11.0. The minimum Gasteiger partial charge on any atom is -0.465 e. The number of hydrogen-bond acceptors (Lipinski definition) is 3. The van der Waals surface area contributed by atoms with Gasteiger partial charge in [-0.15, -0.1) is 0 Å². The van der Waals surface area contributed by atoms with E-state index in [1.807, 2.05) is 26.0 Å². The van der Waals surface area contributed by atoms with Gasteiger partial charge in [-0.25, -0.2) is 0 Å². The van der Waals surface area contributed by atoms with E-state index in [1.165, 1.54) is 0 Å². The van der Waals surface area contributed by atoms with E-state index in [1.54, 1.807) is 0 Å². The third-order valence-electron chi connectivity index (χ3n) is 2.65. The van der Waals surface area contributed by atoms with Crippen molar-refractivity contribution in [3.05, 3.63) is 23.7 Å². The van der Waals surface area contributed by atoms with Crippen molar-refractivity contribution < 1.29 is 9.21 Å². The van der Waals surface area contributed by atoms with Crippen LogP contribution in [0, 0.1) is 6.92 Å². The predicted octanol–water partition coefficient (Wildman–Crippen LogP) is 1.13. The predicted molar refractivity (Wildman–Crippen MR) is 56.4 cm³/mol. The highest BCUT2D eigenvalue weighted by molar-refractivity contribution is 5.78. The first kappa shape index (κ1) is 10.2. The van der Waals surface area contributed by atoms with Crippen LogP contribution in [0.15, 0.2) is 16.5 Å². The summed E-state index contributed by atoms with van der Waals surface area (Å²) in [5, 5.41) is 6.16. The van der Waals surface area contributed by atoms with Gasteiger partial charge in [-0.3, -0.25) is 4.79 Å². The summed E-state index contributed by atoms with van der Waals surface area (Å²) < 4.78 is 5.51. The van der Waals surface area contributed by atoms with E-state index in [4.69, 9.17) is 4.42 Å². The van der Waals surface area contributed by atoms with Crippen LogP contribution >= 0.6 is 0 Å². The van der Waals surface area contributed by atoms with Gasteiger partial charge >= 0.3 is 0 Å². The van der Waals surface area contributed by atoms with E-state index < -0.39 is 0 Å². The van der Waals surface area contributed by atoms with Crippen molar-refractivity contribution in [3.8, 4) is 0 Å². The molecule has 2 heterocycles. The van der Waals surface area contributed by atoms with Gasteiger partial charge in [0, 0.05) is 19.0 Å².